The summed E-state index contributed by atoms with van der Waals surface area (Å²) < 4.78 is 1.73. The lowest BCUT2D eigenvalue weighted by atomic mass is 9.93. The number of para-hydroxylation sites is 2. The Kier molecular flexibility index (Phi) is 4.74. The first-order valence-electron chi connectivity index (χ1n) is 10.8. The number of allylic oxidation sites excluding steroid dienone is 1. The molecule has 2 bridgehead atoms. The van der Waals surface area contributed by atoms with Crippen LogP contribution in [0.4, 0.5) is 0 Å². The Bertz CT molecular complexity index is 1010. The topological polar surface area (TPSA) is 75.4 Å². The average Bonchev–Trinajstić information content (AvgIpc) is 2.91. The van der Waals surface area contributed by atoms with Crippen molar-refractivity contribution in [2.24, 2.45) is 0 Å². The number of carboxylic acids is 1. The van der Waals surface area contributed by atoms with Gasteiger partial charge in [-0.1, -0.05) is 30.7 Å². The third kappa shape index (κ3) is 3.19. The van der Waals surface area contributed by atoms with E-state index in [2.05, 4.69) is 22.0 Å². The van der Waals surface area contributed by atoms with E-state index in [9.17, 15) is 14.7 Å². The van der Waals surface area contributed by atoms with Crippen molar-refractivity contribution in [2.75, 3.05) is 0 Å². The maximum atomic E-state index is 13.1. The molecule has 0 spiro atoms. The molecule has 3 aliphatic rings. The molecule has 2 aromatic rings. The van der Waals surface area contributed by atoms with Crippen LogP contribution in [0, 0.1) is 0 Å². The van der Waals surface area contributed by atoms with Gasteiger partial charge in [-0.15, -0.1) is 0 Å². The van der Waals surface area contributed by atoms with Crippen molar-refractivity contribution >= 4 is 17.0 Å². The van der Waals surface area contributed by atoms with Crippen LogP contribution in [-0.4, -0.2) is 43.7 Å². The molecule has 0 saturated carbocycles. The fourth-order valence-corrected chi connectivity index (χ4v) is 5.81. The van der Waals surface area contributed by atoms with E-state index in [0.717, 1.165) is 31.2 Å². The summed E-state index contributed by atoms with van der Waals surface area (Å²) in [5, 5.41) is 9.51. The number of nitrogens with zero attached hydrogens (tertiary/aromatic N) is 3. The molecule has 6 heteroatoms. The zero-order valence-electron chi connectivity index (χ0n) is 16.5. The Hall–Kier alpha value is -2.47. The molecule has 1 aromatic carbocycles. The van der Waals surface area contributed by atoms with Gasteiger partial charge < -0.3 is 9.67 Å². The molecule has 1 aromatic heterocycles. The summed E-state index contributed by atoms with van der Waals surface area (Å²) in [5.74, 6) is -1.25. The number of hydrogen-bond donors (Lipinski definition) is 1. The van der Waals surface area contributed by atoms with Gasteiger partial charge in [0.2, 0.25) is 5.69 Å². The van der Waals surface area contributed by atoms with Crippen molar-refractivity contribution in [1.29, 1.82) is 0 Å². The van der Waals surface area contributed by atoms with Gasteiger partial charge in [0.05, 0.1) is 11.0 Å². The number of benzene rings is 1. The van der Waals surface area contributed by atoms with Crippen molar-refractivity contribution in [1.82, 2.24) is 14.5 Å². The highest BCUT2D eigenvalue weighted by molar-refractivity contribution is 5.88. The van der Waals surface area contributed by atoms with Crippen molar-refractivity contribution < 1.29 is 9.90 Å². The lowest BCUT2D eigenvalue weighted by Crippen LogP contribution is -2.49. The Morgan fingerprint density at radius 1 is 1.03 bits per heavy atom. The maximum absolute atomic E-state index is 13.1. The van der Waals surface area contributed by atoms with Crippen LogP contribution in [0.3, 0.4) is 0 Å². The van der Waals surface area contributed by atoms with Gasteiger partial charge >= 0.3 is 5.97 Å². The summed E-state index contributed by atoms with van der Waals surface area (Å²) >= 11 is 0. The number of carboxylic acid groups (broad SMARTS) is 1. The largest absolute Gasteiger partial charge is 0.476 e. The Balaban J connectivity index is 1.52. The van der Waals surface area contributed by atoms with E-state index in [1.54, 1.807) is 10.6 Å². The van der Waals surface area contributed by atoms with Crippen LogP contribution in [0.15, 0.2) is 41.2 Å². The lowest BCUT2D eigenvalue weighted by molar-refractivity contribution is 0.0681. The van der Waals surface area contributed by atoms with Gasteiger partial charge in [-0.25, -0.2) is 9.78 Å². The first-order chi connectivity index (χ1) is 14.1. The smallest absolute Gasteiger partial charge is 0.360 e. The number of aromatic nitrogens is 2. The van der Waals surface area contributed by atoms with Gasteiger partial charge in [-0.2, -0.15) is 0 Å². The number of fused-ring (bicyclic) bond motifs is 3. The summed E-state index contributed by atoms with van der Waals surface area (Å²) in [6.07, 6.45) is 13.8. The summed E-state index contributed by atoms with van der Waals surface area (Å²) in [6.45, 7) is 0. The SMILES string of the molecule is O=C(O)c1nc2ccccc2n(C2C[C@H]3CC[C@@H](C2)N3C2C=CCCCC2)c1=O. The predicted octanol–water partition coefficient (Wildman–Crippen LogP) is 3.76. The van der Waals surface area contributed by atoms with E-state index in [1.807, 2.05) is 18.2 Å². The van der Waals surface area contributed by atoms with Gasteiger partial charge in [-0.3, -0.25) is 9.69 Å². The molecule has 0 radical (unpaired) electrons. The zero-order chi connectivity index (χ0) is 20.0. The second kappa shape index (κ2) is 7.41. The molecule has 6 nitrogen and oxygen atoms in total. The quantitative estimate of drug-likeness (QED) is 0.804. The molecule has 29 heavy (non-hydrogen) atoms. The molecule has 152 valence electrons. The highest BCUT2D eigenvalue weighted by Gasteiger charge is 2.44. The van der Waals surface area contributed by atoms with Gasteiger partial charge in [0.15, 0.2) is 0 Å². The first kappa shape index (κ1) is 18.6. The van der Waals surface area contributed by atoms with E-state index in [-0.39, 0.29) is 11.7 Å². The van der Waals surface area contributed by atoms with Crippen LogP contribution in [0.1, 0.15) is 67.9 Å². The molecule has 2 unspecified atom stereocenters. The second-order valence-electron chi connectivity index (χ2n) is 8.67. The minimum absolute atomic E-state index is 0.0250. The van der Waals surface area contributed by atoms with Gasteiger partial charge in [0.25, 0.3) is 5.56 Å². The fourth-order valence-electron chi connectivity index (χ4n) is 5.81. The van der Waals surface area contributed by atoms with Crippen LogP contribution >= 0.6 is 0 Å². The Morgan fingerprint density at radius 2 is 1.79 bits per heavy atom. The highest BCUT2D eigenvalue weighted by atomic mass is 16.4. The summed E-state index contributed by atoms with van der Waals surface area (Å²) in [4.78, 5) is 31.6. The third-order valence-electron chi connectivity index (χ3n) is 6.99. The van der Waals surface area contributed by atoms with Crippen LogP contribution in [0.2, 0.25) is 0 Å². The summed E-state index contributed by atoms with van der Waals surface area (Å²) in [7, 11) is 0. The molecular formula is C23H27N3O3. The minimum atomic E-state index is -1.25. The van der Waals surface area contributed by atoms with Gasteiger partial charge in [-0.05, 0) is 57.1 Å². The van der Waals surface area contributed by atoms with Crippen LogP contribution in [0.25, 0.3) is 11.0 Å². The van der Waals surface area contributed by atoms with Gasteiger partial charge in [0.1, 0.15) is 0 Å². The fraction of sp³-hybridized carbons (Fsp3) is 0.522. The molecule has 2 aliphatic heterocycles. The maximum Gasteiger partial charge on any atom is 0.360 e. The number of piperidine rings is 1. The standard InChI is InChI=1S/C23H27N3O3/c27-22-21(23(28)29)24-19-9-5-6-10-20(19)26(22)18-13-16-11-12-17(14-18)25(16)15-7-3-1-2-4-8-15/h3,5-7,9-10,15-18H,1-2,4,8,11-14H2,(H,28,29)/t15?,16-,17+,18?. The number of hydrogen-bond acceptors (Lipinski definition) is 4. The molecular weight excluding hydrogens is 366 g/mol. The molecule has 3 heterocycles. The Morgan fingerprint density at radius 3 is 2.55 bits per heavy atom. The molecule has 4 atom stereocenters. The first-order valence-corrected chi connectivity index (χ1v) is 10.8. The summed E-state index contributed by atoms with van der Waals surface area (Å²) in [5.41, 5.74) is 0.481. The van der Waals surface area contributed by atoms with Crippen LogP contribution < -0.4 is 5.56 Å². The molecule has 5 rings (SSSR count). The van der Waals surface area contributed by atoms with Crippen molar-refractivity contribution in [3.05, 3.63) is 52.5 Å². The van der Waals surface area contributed by atoms with Crippen molar-refractivity contribution in [3.63, 3.8) is 0 Å². The second-order valence-corrected chi connectivity index (χ2v) is 8.67. The molecule has 2 fully saturated rings. The lowest BCUT2D eigenvalue weighted by Gasteiger charge is -2.43. The van der Waals surface area contributed by atoms with Crippen molar-refractivity contribution in [3.8, 4) is 0 Å². The molecule has 0 amide bonds. The summed E-state index contributed by atoms with van der Waals surface area (Å²) in [6, 6.07) is 8.85. The molecule has 1 aliphatic carbocycles. The minimum Gasteiger partial charge on any atom is -0.476 e. The third-order valence-corrected chi connectivity index (χ3v) is 6.99. The van der Waals surface area contributed by atoms with E-state index in [0.29, 0.717) is 23.6 Å². The number of aromatic carboxylic acids is 1. The number of carbonyl (C=O) groups is 1. The average molecular weight is 393 g/mol. The zero-order valence-corrected chi connectivity index (χ0v) is 16.5. The van der Waals surface area contributed by atoms with E-state index >= 15 is 0 Å². The van der Waals surface area contributed by atoms with Gasteiger partial charge in [0, 0.05) is 24.2 Å². The highest BCUT2D eigenvalue weighted by Crippen LogP contribution is 2.43. The van der Waals surface area contributed by atoms with Crippen LogP contribution in [0.5, 0.6) is 0 Å². The number of rotatable bonds is 3. The van der Waals surface area contributed by atoms with E-state index < -0.39 is 11.5 Å². The molecule has 2 saturated heterocycles. The molecule has 1 N–H and O–H groups in total. The van der Waals surface area contributed by atoms with E-state index in [1.165, 1.54) is 25.7 Å². The predicted molar refractivity (Wildman–Crippen MR) is 111 cm³/mol. The Labute approximate surface area is 169 Å². The van der Waals surface area contributed by atoms with Crippen molar-refractivity contribution in [2.45, 2.75) is 75.5 Å². The normalized spacial score (nSPS) is 29.8. The van der Waals surface area contributed by atoms with Crippen LogP contribution in [-0.2, 0) is 0 Å². The monoisotopic (exact) mass is 393 g/mol. The van der Waals surface area contributed by atoms with E-state index in [4.69, 9.17) is 0 Å².